The van der Waals surface area contributed by atoms with Crippen LogP contribution in [-0.2, 0) is 23.8 Å². The molecule has 1 N–H and O–H groups in total. The van der Waals surface area contributed by atoms with Crippen LogP contribution in [0.4, 0.5) is 0 Å². The summed E-state index contributed by atoms with van der Waals surface area (Å²) in [5.41, 5.74) is -0.421. The average Bonchev–Trinajstić information content (AvgIpc) is 3.12. The fraction of sp³-hybridized carbons (Fsp3) is 0.895. The normalized spacial score (nSPS) is 35.8. The van der Waals surface area contributed by atoms with Crippen LogP contribution in [0, 0.1) is 11.3 Å². The van der Waals surface area contributed by atoms with Crippen molar-refractivity contribution < 1.29 is 28.9 Å². The number of fused-ring (bicyclic) bond motifs is 1. The molecule has 3 fully saturated rings. The minimum absolute atomic E-state index is 0.0346. The lowest BCUT2D eigenvalue weighted by Crippen LogP contribution is -2.47. The Morgan fingerprint density at radius 3 is 2.68 bits per heavy atom. The number of aliphatic hydroxyl groups excluding tert-OH is 1. The first-order chi connectivity index (χ1) is 11.8. The molecule has 4 atom stereocenters. The predicted molar refractivity (Wildman–Crippen MR) is 90.0 cm³/mol. The van der Waals surface area contributed by atoms with Gasteiger partial charge in [0.15, 0.2) is 11.6 Å². The van der Waals surface area contributed by atoms with Gasteiger partial charge in [-0.2, -0.15) is 0 Å². The molecular weight excluding hydrogens is 324 g/mol. The second kappa shape index (κ2) is 7.43. The molecule has 3 rings (SSSR count). The third kappa shape index (κ3) is 3.97. The van der Waals surface area contributed by atoms with Gasteiger partial charge in [0, 0.05) is 30.6 Å². The van der Waals surface area contributed by atoms with E-state index in [1.807, 2.05) is 13.8 Å². The minimum atomic E-state index is -0.622. The zero-order valence-electron chi connectivity index (χ0n) is 15.3. The van der Waals surface area contributed by atoms with E-state index in [2.05, 4.69) is 0 Å². The molecule has 0 amide bonds. The van der Waals surface area contributed by atoms with Gasteiger partial charge >= 0.3 is 0 Å². The predicted octanol–water partition coefficient (Wildman–Crippen LogP) is 2.01. The van der Waals surface area contributed by atoms with Crippen LogP contribution in [-0.4, -0.2) is 54.5 Å². The Balaban J connectivity index is 1.45. The fourth-order valence-corrected chi connectivity index (χ4v) is 4.52. The second-order valence-corrected chi connectivity index (χ2v) is 8.08. The van der Waals surface area contributed by atoms with Crippen molar-refractivity contribution in [1.82, 2.24) is 0 Å². The number of rotatable bonds is 7. The van der Waals surface area contributed by atoms with E-state index in [-0.39, 0.29) is 24.1 Å². The summed E-state index contributed by atoms with van der Waals surface area (Å²) in [5, 5.41) is 10.2. The van der Waals surface area contributed by atoms with Gasteiger partial charge in [0.2, 0.25) is 0 Å². The van der Waals surface area contributed by atoms with Crippen molar-refractivity contribution in [3.63, 3.8) is 0 Å². The Hall–Kier alpha value is -0.820. The SMILES string of the molecule is CC1(CCCC(O)CO[C@H]2C(=O)CCC3(C)C(=O)CC[C@@H]23)OCCO1. The van der Waals surface area contributed by atoms with Crippen molar-refractivity contribution in [2.45, 2.75) is 76.8 Å². The highest BCUT2D eigenvalue weighted by Crippen LogP contribution is 2.49. The van der Waals surface area contributed by atoms with Gasteiger partial charge in [0.1, 0.15) is 11.9 Å². The maximum Gasteiger partial charge on any atom is 0.165 e. The zero-order chi connectivity index (χ0) is 18.1. The van der Waals surface area contributed by atoms with Gasteiger partial charge < -0.3 is 19.3 Å². The van der Waals surface area contributed by atoms with Crippen molar-refractivity contribution in [3.05, 3.63) is 0 Å². The van der Waals surface area contributed by atoms with Crippen LogP contribution in [0.15, 0.2) is 0 Å². The Kier molecular flexibility index (Phi) is 5.63. The van der Waals surface area contributed by atoms with Gasteiger partial charge in [0.25, 0.3) is 0 Å². The van der Waals surface area contributed by atoms with Gasteiger partial charge in [-0.25, -0.2) is 0 Å². The van der Waals surface area contributed by atoms with E-state index in [1.54, 1.807) is 0 Å². The average molecular weight is 354 g/mol. The van der Waals surface area contributed by atoms with Crippen molar-refractivity contribution in [2.24, 2.45) is 11.3 Å². The molecule has 0 bridgehead atoms. The van der Waals surface area contributed by atoms with Gasteiger partial charge in [-0.15, -0.1) is 0 Å². The Morgan fingerprint density at radius 2 is 1.96 bits per heavy atom. The highest BCUT2D eigenvalue weighted by molar-refractivity contribution is 5.93. The zero-order valence-corrected chi connectivity index (χ0v) is 15.3. The van der Waals surface area contributed by atoms with Crippen molar-refractivity contribution in [3.8, 4) is 0 Å². The van der Waals surface area contributed by atoms with Gasteiger partial charge in [-0.3, -0.25) is 9.59 Å². The standard InChI is InChI=1S/C19H30O6/c1-18-9-7-15(21)17(14(18)5-6-16(18)22)23-12-13(20)4-3-8-19(2)24-10-11-25-19/h13-14,17,20H,3-12H2,1-2H3/t13?,14-,17+,18?/m0/s1. The molecule has 0 aromatic heterocycles. The lowest BCUT2D eigenvalue weighted by atomic mass is 9.67. The van der Waals surface area contributed by atoms with Crippen molar-refractivity contribution in [1.29, 1.82) is 0 Å². The number of ether oxygens (including phenoxy) is 3. The van der Waals surface area contributed by atoms with E-state index in [0.717, 1.165) is 19.3 Å². The van der Waals surface area contributed by atoms with Crippen LogP contribution in [0.1, 0.15) is 58.8 Å². The van der Waals surface area contributed by atoms with Crippen LogP contribution in [0.2, 0.25) is 0 Å². The summed E-state index contributed by atoms with van der Waals surface area (Å²) in [6.45, 7) is 5.25. The molecule has 3 aliphatic rings. The molecule has 0 radical (unpaired) electrons. The molecule has 2 aliphatic carbocycles. The molecule has 6 nitrogen and oxygen atoms in total. The summed E-state index contributed by atoms with van der Waals surface area (Å²) in [5.74, 6) is -0.243. The first-order valence-corrected chi connectivity index (χ1v) is 9.48. The number of aliphatic hydroxyl groups is 1. The molecule has 25 heavy (non-hydrogen) atoms. The van der Waals surface area contributed by atoms with E-state index in [1.165, 1.54) is 0 Å². The summed E-state index contributed by atoms with van der Waals surface area (Å²) < 4.78 is 16.9. The van der Waals surface area contributed by atoms with Gasteiger partial charge in [-0.05, 0) is 32.6 Å². The number of carbonyl (C=O) groups is 2. The van der Waals surface area contributed by atoms with Gasteiger partial charge in [0.05, 0.1) is 25.9 Å². The smallest absolute Gasteiger partial charge is 0.165 e. The first-order valence-electron chi connectivity index (χ1n) is 9.48. The van der Waals surface area contributed by atoms with E-state index >= 15 is 0 Å². The first kappa shape index (κ1) is 19.0. The Labute approximate surface area is 149 Å². The van der Waals surface area contributed by atoms with Crippen LogP contribution in [0.3, 0.4) is 0 Å². The van der Waals surface area contributed by atoms with Crippen molar-refractivity contribution >= 4 is 11.6 Å². The number of hydrogen-bond donors (Lipinski definition) is 1. The summed E-state index contributed by atoms with van der Waals surface area (Å²) in [6.07, 6.45) is 3.18. The second-order valence-electron chi connectivity index (χ2n) is 8.08. The number of hydrogen-bond acceptors (Lipinski definition) is 6. The number of ketones is 2. The third-order valence-corrected chi connectivity index (χ3v) is 6.25. The molecule has 1 aliphatic heterocycles. The molecule has 0 spiro atoms. The summed E-state index contributed by atoms with van der Waals surface area (Å²) in [6, 6.07) is 0. The van der Waals surface area contributed by atoms with Crippen LogP contribution in [0.25, 0.3) is 0 Å². The topological polar surface area (TPSA) is 82.1 Å². The molecular formula is C19H30O6. The molecule has 0 aromatic carbocycles. The fourth-order valence-electron chi connectivity index (χ4n) is 4.52. The molecule has 6 heteroatoms. The lowest BCUT2D eigenvalue weighted by molar-refractivity contribution is -0.152. The van der Waals surface area contributed by atoms with E-state index in [0.29, 0.717) is 38.9 Å². The van der Waals surface area contributed by atoms with Gasteiger partial charge in [-0.1, -0.05) is 6.92 Å². The quantitative estimate of drug-likeness (QED) is 0.753. The third-order valence-electron chi connectivity index (χ3n) is 6.25. The Bertz CT molecular complexity index is 512. The van der Waals surface area contributed by atoms with Crippen LogP contribution >= 0.6 is 0 Å². The maximum absolute atomic E-state index is 12.3. The molecule has 142 valence electrons. The highest BCUT2D eigenvalue weighted by Gasteiger charge is 2.54. The van der Waals surface area contributed by atoms with E-state index in [9.17, 15) is 14.7 Å². The van der Waals surface area contributed by atoms with E-state index < -0.39 is 23.4 Å². The molecule has 2 saturated carbocycles. The summed E-state index contributed by atoms with van der Waals surface area (Å²) in [7, 11) is 0. The maximum atomic E-state index is 12.3. The molecule has 1 saturated heterocycles. The summed E-state index contributed by atoms with van der Waals surface area (Å²) in [4.78, 5) is 24.5. The molecule has 1 heterocycles. The highest BCUT2D eigenvalue weighted by atomic mass is 16.7. The molecule has 0 aromatic rings. The minimum Gasteiger partial charge on any atom is -0.391 e. The number of carbonyl (C=O) groups excluding carboxylic acids is 2. The number of Topliss-reactive ketones (excluding diaryl/α,β-unsaturated/α-hetero) is 2. The lowest BCUT2D eigenvalue weighted by Gasteiger charge is -2.39. The largest absolute Gasteiger partial charge is 0.391 e. The monoisotopic (exact) mass is 354 g/mol. The molecule has 2 unspecified atom stereocenters. The van der Waals surface area contributed by atoms with Crippen LogP contribution in [0.5, 0.6) is 0 Å². The van der Waals surface area contributed by atoms with Crippen LogP contribution < -0.4 is 0 Å². The van der Waals surface area contributed by atoms with E-state index in [4.69, 9.17) is 14.2 Å². The van der Waals surface area contributed by atoms with Crippen molar-refractivity contribution in [2.75, 3.05) is 19.8 Å². The summed E-state index contributed by atoms with van der Waals surface area (Å²) >= 11 is 0. The Morgan fingerprint density at radius 1 is 1.24 bits per heavy atom.